The van der Waals surface area contributed by atoms with Crippen LogP contribution in [0.3, 0.4) is 0 Å². The summed E-state index contributed by atoms with van der Waals surface area (Å²) in [7, 11) is -3.56. The number of aromatic amines is 1. The zero-order chi connectivity index (χ0) is 23.5. The van der Waals surface area contributed by atoms with Crippen LogP contribution in [0.4, 0.5) is 0 Å². The molecular formula is C23H26N6O3S2. The monoisotopic (exact) mass is 498 g/mol. The highest BCUT2D eigenvalue weighted by atomic mass is 32.2. The van der Waals surface area contributed by atoms with Crippen molar-refractivity contribution in [2.24, 2.45) is 0 Å². The molecule has 3 heterocycles. The number of fused-ring (bicyclic) bond motifs is 1. The fourth-order valence-electron chi connectivity index (χ4n) is 4.36. The second kappa shape index (κ2) is 9.85. The first kappa shape index (κ1) is 23.0. The number of thioether (sulfide) groups is 1. The van der Waals surface area contributed by atoms with Crippen LogP contribution in [0, 0.1) is 0 Å². The van der Waals surface area contributed by atoms with E-state index in [0.717, 1.165) is 36.8 Å². The molecule has 0 unspecified atom stereocenters. The summed E-state index contributed by atoms with van der Waals surface area (Å²) >= 11 is 1.26. The van der Waals surface area contributed by atoms with E-state index in [4.69, 9.17) is 0 Å². The van der Waals surface area contributed by atoms with Gasteiger partial charge < -0.3 is 4.90 Å². The Labute approximate surface area is 203 Å². The van der Waals surface area contributed by atoms with Gasteiger partial charge in [0.15, 0.2) is 5.82 Å². The lowest BCUT2D eigenvalue weighted by Crippen LogP contribution is -2.51. The standard InChI is InChI=1S/C23H26N6O3S2/c30-21(16-33-23-25-22(26-27-23)18-7-9-24-10-8-18)28-11-13-29(14-12-28)34(31,32)20-6-5-17-3-1-2-4-19(17)15-20/h5-10,15H,1-4,11-14,16H2,(H,25,26,27). The number of piperazine rings is 1. The van der Waals surface area contributed by atoms with Crippen molar-refractivity contribution in [3.8, 4) is 11.4 Å². The summed E-state index contributed by atoms with van der Waals surface area (Å²) in [5.74, 6) is 0.773. The molecule has 1 fully saturated rings. The molecule has 1 aliphatic heterocycles. The number of rotatable bonds is 6. The Bertz CT molecular complexity index is 1270. The van der Waals surface area contributed by atoms with Gasteiger partial charge in [0, 0.05) is 44.1 Å². The molecule has 1 N–H and O–H groups in total. The molecular weight excluding hydrogens is 472 g/mol. The molecule has 11 heteroatoms. The van der Waals surface area contributed by atoms with Crippen molar-refractivity contribution in [1.82, 2.24) is 29.4 Å². The summed E-state index contributed by atoms with van der Waals surface area (Å²) < 4.78 is 27.8. The van der Waals surface area contributed by atoms with Crippen molar-refractivity contribution < 1.29 is 13.2 Å². The molecule has 9 nitrogen and oxygen atoms in total. The van der Waals surface area contributed by atoms with E-state index in [0.29, 0.717) is 42.1 Å². The third kappa shape index (κ3) is 4.86. The van der Waals surface area contributed by atoms with Crippen LogP contribution in [0.1, 0.15) is 24.0 Å². The third-order valence-corrected chi connectivity index (χ3v) is 9.02. The third-order valence-electron chi connectivity index (χ3n) is 6.29. The summed E-state index contributed by atoms with van der Waals surface area (Å²) in [4.78, 5) is 23.2. The molecule has 5 rings (SSSR count). The summed E-state index contributed by atoms with van der Waals surface area (Å²) in [6, 6.07) is 9.19. The largest absolute Gasteiger partial charge is 0.339 e. The van der Waals surface area contributed by atoms with Crippen LogP contribution >= 0.6 is 11.8 Å². The molecule has 1 amide bonds. The van der Waals surface area contributed by atoms with Gasteiger partial charge in [-0.3, -0.25) is 14.9 Å². The van der Waals surface area contributed by atoms with Crippen LogP contribution in [-0.4, -0.2) is 75.6 Å². The minimum atomic E-state index is -3.56. The average Bonchev–Trinajstić information content (AvgIpc) is 3.37. The Morgan fingerprint density at radius 1 is 1.00 bits per heavy atom. The van der Waals surface area contributed by atoms with Crippen LogP contribution in [0.5, 0.6) is 0 Å². The minimum Gasteiger partial charge on any atom is -0.339 e. The van der Waals surface area contributed by atoms with Gasteiger partial charge in [-0.05, 0) is 61.1 Å². The number of benzene rings is 1. The van der Waals surface area contributed by atoms with Crippen LogP contribution < -0.4 is 0 Å². The van der Waals surface area contributed by atoms with Crippen molar-refractivity contribution in [3.05, 3.63) is 53.9 Å². The molecule has 0 bridgehead atoms. The maximum atomic E-state index is 13.2. The summed E-state index contributed by atoms with van der Waals surface area (Å²) in [5, 5.41) is 7.53. The molecule has 2 aliphatic rings. The molecule has 178 valence electrons. The van der Waals surface area contributed by atoms with E-state index in [9.17, 15) is 13.2 Å². The summed E-state index contributed by atoms with van der Waals surface area (Å²) in [5.41, 5.74) is 3.28. The Kier molecular flexibility index (Phi) is 6.66. The first-order valence-electron chi connectivity index (χ1n) is 11.4. The molecule has 1 aromatic carbocycles. The van der Waals surface area contributed by atoms with Crippen molar-refractivity contribution in [2.75, 3.05) is 31.9 Å². The first-order chi connectivity index (χ1) is 16.5. The zero-order valence-electron chi connectivity index (χ0n) is 18.7. The second-order valence-electron chi connectivity index (χ2n) is 8.41. The van der Waals surface area contributed by atoms with Crippen molar-refractivity contribution >= 4 is 27.7 Å². The van der Waals surface area contributed by atoms with Crippen LogP contribution in [0.2, 0.25) is 0 Å². The fraction of sp³-hybridized carbons (Fsp3) is 0.391. The number of H-pyrrole nitrogens is 1. The maximum Gasteiger partial charge on any atom is 0.243 e. The molecule has 3 aromatic rings. The van der Waals surface area contributed by atoms with Gasteiger partial charge in [-0.1, -0.05) is 17.8 Å². The Hall–Kier alpha value is -2.76. The van der Waals surface area contributed by atoms with Gasteiger partial charge in [0.2, 0.25) is 21.1 Å². The van der Waals surface area contributed by atoms with Crippen molar-refractivity contribution in [1.29, 1.82) is 0 Å². The van der Waals surface area contributed by atoms with Gasteiger partial charge >= 0.3 is 0 Å². The normalized spacial score (nSPS) is 16.9. The highest BCUT2D eigenvalue weighted by Crippen LogP contribution is 2.26. The van der Waals surface area contributed by atoms with Crippen molar-refractivity contribution in [3.63, 3.8) is 0 Å². The molecule has 1 aliphatic carbocycles. The van der Waals surface area contributed by atoms with E-state index in [-0.39, 0.29) is 11.7 Å². The van der Waals surface area contributed by atoms with Crippen molar-refractivity contribution in [2.45, 2.75) is 35.7 Å². The first-order valence-corrected chi connectivity index (χ1v) is 13.8. The van der Waals surface area contributed by atoms with Gasteiger partial charge in [-0.2, -0.15) is 4.31 Å². The Morgan fingerprint density at radius 2 is 1.74 bits per heavy atom. The van der Waals surface area contributed by atoms with E-state index >= 15 is 0 Å². The van der Waals surface area contributed by atoms with E-state index in [1.165, 1.54) is 21.6 Å². The number of pyridine rings is 1. The van der Waals surface area contributed by atoms with E-state index in [2.05, 4.69) is 20.2 Å². The molecule has 0 saturated carbocycles. The highest BCUT2D eigenvalue weighted by molar-refractivity contribution is 7.99. The second-order valence-corrected chi connectivity index (χ2v) is 11.3. The van der Waals surface area contributed by atoms with E-state index in [1.807, 2.05) is 24.3 Å². The number of hydrogen-bond donors (Lipinski definition) is 1. The summed E-state index contributed by atoms with van der Waals surface area (Å²) in [6.07, 6.45) is 7.59. The number of sulfonamides is 1. The highest BCUT2D eigenvalue weighted by Gasteiger charge is 2.30. The topological polar surface area (TPSA) is 112 Å². The summed E-state index contributed by atoms with van der Waals surface area (Å²) in [6.45, 7) is 1.34. The lowest BCUT2D eigenvalue weighted by molar-refractivity contribution is -0.129. The lowest BCUT2D eigenvalue weighted by atomic mass is 9.92. The number of nitrogens with zero attached hydrogens (tertiary/aromatic N) is 5. The number of aromatic nitrogens is 4. The van der Waals surface area contributed by atoms with E-state index in [1.54, 1.807) is 23.4 Å². The molecule has 2 aromatic heterocycles. The average molecular weight is 499 g/mol. The van der Waals surface area contributed by atoms with Gasteiger partial charge in [-0.15, -0.1) is 5.10 Å². The zero-order valence-corrected chi connectivity index (χ0v) is 20.3. The number of amides is 1. The number of hydrogen-bond acceptors (Lipinski definition) is 7. The maximum absolute atomic E-state index is 13.2. The van der Waals surface area contributed by atoms with Gasteiger partial charge in [0.25, 0.3) is 0 Å². The molecule has 0 radical (unpaired) electrons. The lowest BCUT2D eigenvalue weighted by Gasteiger charge is -2.34. The quantitative estimate of drug-likeness (QED) is 0.519. The number of carbonyl (C=O) groups is 1. The fourth-order valence-corrected chi connectivity index (χ4v) is 6.54. The molecule has 0 atom stereocenters. The number of nitrogens with one attached hydrogen (secondary N) is 1. The smallest absolute Gasteiger partial charge is 0.243 e. The van der Waals surface area contributed by atoms with Crippen LogP contribution in [0.25, 0.3) is 11.4 Å². The van der Waals surface area contributed by atoms with Crippen LogP contribution in [-0.2, 0) is 27.7 Å². The number of carbonyl (C=O) groups excluding carboxylic acids is 1. The van der Waals surface area contributed by atoms with E-state index < -0.39 is 10.0 Å². The predicted molar refractivity (Wildman–Crippen MR) is 129 cm³/mol. The molecule has 1 saturated heterocycles. The predicted octanol–water partition coefficient (Wildman–Crippen LogP) is 2.37. The Balaban J connectivity index is 1.15. The van der Waals surface area contributed by atoms with Gasteiger partial charge in [0.1, 0.15) is 0 Å². The molecule has 34 heavy (non-hydrogen) atoms. The number of aryl methyl sites for hydroxylation is 2. The minimum absolute atomic E-state index is 0.0499. The SMILES string of the molecule is O=C(CSc1n[nH]c(-c2ccncc2)n1)N1CCN(S(=O)(=O)c2ccc3c(c2)CCCC3)CC1. The van der Waals surface area contributed by atoms with Crippen LogP contribution in [0.15, 0.2) is 52.8 Å². The van der Waals surface area contributed by atoms with Gasteiger partial charge in [-0.25, -0.2) is 13.4 Å². The van der Waals surface area contributed by atoms with Gasteiger partial charge in [0.05, 0.1) is 10.6 Å². The molecule has 0 spiro atoms. The Morgan fingerprint density at radius 3 is 2.50 bits per heavy atom.